The van der Waals surface area contributed by atoms with E-state index >= 15 is 0 Å². The van der Waals surface area contributed by atoms with Crippen molar-refractivity contribution in [2.45, 2.75) is 52.0 Å². The molecule has 0 amide bonds. The summed E-state index contributed by atoms with van der Waals surface area (Å²) >= 11 is 0. The Kier molecular flexibility index (Phi) is 4.31. The zero-order chi connectivity index (χ0) is 13.2. The molecule has 0 spiro atoms. The van der Waals surface area contributed by atoms with Crippen molar-refractivity contribution in [2.24, 2.45) is 11.8 Å². The van der Waals surface area contributed by atoms with Gasteiger partial charge in [0.1, 0.15) is 0 Å². The molecule has 18 heavy (non-hydrogen) atoms. The Morgan fingerprint density at radius 1 is 1.22 bits per heavy atom. The Morgan fingerprint density at radius 3 is 2.67 bits per heavy atom. The zero-order valence-corrected chi connectivity index (χ0v) is 12.2. The van der Waals surface area contributed by atoms with Crippen LogP contribution in [-0.2, 0) is 9.53 Å². The van der Waals surface area contributed by atoms with Crippen LogP contribution in [0.25, 0.3) is 0 Å². The molecule has 2 aliphatic rings. The summed E-state index contributed by atoms with van der Waals surface area (Å²) in [4.78, 5) is 11.6. The Morgan fingerprint density at radius 2 is 1.94 bits per heavy atom. The first-order chi connectivity index (χ1) is 8.53. The maximum Gasteiger partial charge on any atom is 0.308 e. The van der Waals surface area contributed by atoms with Crippen LogP contribution in [0.15, 0.2) is 0 Å². The second-order valence-corrected chi connectivity index (χ2v) is 6.68. The summed E-state index contributed by atoms with van der Waals surface area (Å²) in [5.74, 6) is 0.554. The van der Waals surface area contributed by atoms with E-state index in [-0.39, 0.29) is 11.9 Å². The third-order valence-electron chi connectivity index (χ3n) is 4.92. The van der Waals surface area contributed by atoms with Crippen molar-refractivity contribution in [3.8, 4) is 0 Å². The van der Waals surface area contributed by atoms with Gasteiger partial charge in [-0.25, -0.2) is 0 Å². The van der Waals surface area contributed by atoms with Gasteiger partial charge < -0.3 is 9.22 Å². The van der Waals surface area contributed by atoms with Crippen LogP contribution in [0.5, 0.6) is 0 Å². The topological polar surface area (TPSA) is 26.3 Å². The van der Waals surface area contributed by atoms with Crippen molar-refractivity contribution in [3.05, 3.63) is 0 Å². The van der Waals surface area contributed by atoms with Crippen LogP contribution in [0.3, 0.4) is 0 Å². The SMILES string of the molecule is CC(C)C(=O)OC[C@H]1CCC[N+]2(C)CCCC[C@H]12. The van der Waals surface area contributed by atoms with Gasteiger partial charge in [-0.15, -0.1) is 0 Å². The fourth-order valence-electron chi connectivity index (χ4n) is 3.78. The average Bonchev–Trinajstić information content (AvgIpc) is 2.34. The molecule has 2 aliphatic heterocycles. The van der Waals surface area contributed by atoms with E-state index in [2.05, 4.69) is 7.05 Å². The van der Waals surface area contributed by atoms with Gasteiger partial charge in [-0.2, -0.15) is 0 Å². The highest BCUT2D eigenvalue weighted by molar-refractivity contribution is 5.71. The van der Waals surface area contributed by atoms with E-state index in [1.165, 1.54) is 49.7 Å². The molecule has 2 saturated heterocycles. The van der Waals surface area contributed by atoms with Crippen molar-refractivity contribution in [1.29, 1.82) is 0 Å². The van der Waals surface area contributed by atoms with Gasteiger partial charge in [-0.1, -0.05) is 13.8 Å². The molecule has 3 atom stereocenters. The largest absolute Gasteiger partial charge is 0.465 e. The summed E-state index contributed by atoms with van der Waals surface area (Å²) in [6, 6.07) is 0.729. The number of carbonyl (C=O) groups excluding carboxylic acids is 1. The Bertz CT molecular complexity index is 299. The van der Waals surface area contributed by atoms with Crippen molar-refractivity contribution in [2.75, 3.05) is 26.7 Å². The Labute approximate surface area is 111 Å². The molecule has 0 aromatic heterocycles. The molecule has 0 aromatic carbocycles. The number of nitrogens with zero attached hydrogens (tertiary/aromatic N) is 1. The summed E-state index contributed by atoms with van der Waals surface area (Å²) in [6.45, 7) is 7.10. The number of carbonyl (C=O) groups is 1. The van der Waals surface area contributed by atoms with E-state index in [4.69, 9.17) is 4.74 Å². The van der Waals surface area contributed by atoms with Gasteiger partial charge in [0, 0.05) is 12.3 Å². The second kappa shape index (κ2) is 5.60. The zero-order valence-electron chi connectivity index (χ0n) is 12.2. The molecule has 0 N–H and O–H groups in total. The number of hydrogen-bond acceptors (Lipinski definition) is 2. The van der Waals surface area contributed by atoms with E-state index < -0.39 is 0 Å². The van der Waals surface area contributed by atoms with E-state index in [1.54, 1.807) is 0 Å². The average molecular weight is 254 g/mol. The third-order valence-corrected chi connectivity index (χ3v) is 4.92. The molecule has 0 saturated carbocycles. The van der Waals surface area contributed by atoms with E-state index in [0.29, 0.717) is 12.5 Å². The lowest BCUT2D eigenvalue weighted by Crippen LogP contribution is -2.61. The van der Waals surface area contributed by atoms with Crippen molar-refractivity contribution in [1.82, 2.24) is 0 Å². The lowest BCUT2D eigenvalue weighted by atomic mass is 9.82. The predicted molar refractivity (Wildman–Crippen MR) is 72.1 cm³/mol. The van der Waals surface area contributed by atoms with Crippen molar-refractivity contribution < 1.29 is 14.0 Å². The molecule has 0 bridgehead atoms. The normalized spacial score (nSPS) is 36.2. The van der Waals surface area contributed by atoms with Crippen LogP contribution in [-0.4, -0.2) is 43.2 Å². The second-order valence-electron chi connectivity index (χ2n) is 6.68. The highest BCUT2D eigenvalue weighted by Gasteiger charge is 2.43. The van der Waals surface area contributed by atoms with Crippen molar-refractivity contribution in [3.63, 3.8) is 0 Å². The summed E-state index contributed by atoms with van der Waals surface area (Å²) in [5, 5.41) is 0. The van der Waals surface area contributed by atoms with Gasteiger partial charge in [-0.05, 0) is 25.7 Å². The molecule has 2 fully saturated rings. The Balaban J connectivity index is 1.93. The lowest BCUT2D eigenvalue weighted by molar-refractivity contribution is -0.947. The van der Waals surface area contributed by atoms with Crippen molar-refractivity contribution >= 4 is 5.97 Å². The molecule has 2 heterocycles. The quantitative estimate of drug-likeness (QED) is 0.571. The van der Waals surface area contributed by atoms with Gasteiger partial charge >= 0.3 is 5.97 Å². The van der Waals surface area contributed by atoms with E-state index in [9.17, 15) is 4.79 Å². The smallest absolute Gasteiger partial charge is 0.308 e. The highest BCUT2D eigenvalue weighted by Crippen LogP contribution is 2.36. The number of rotatable bonds is 3. The maximum absolute atomic E-state index is 11.6. The monoisotopic (exact) mass is 254 g/mol. The van der Waals surface area contributed by atoms with Crippen LogP contribution in [0.1, 0.15) is 46.0 Å². The minimum Gasteiger partial charge on any atom is -0.465 e. The maximum atomic E-state index is 11.6. The molecule has 1 unspecified atom stereocenters. The van der Waals surface area contributed by atoms with Gasteiger partial charge in [0.05, 0.1) is 38.7 Å². The lowest BCUT2D eigenvalue weighted by Gasteiger charge is -2.51. The van der Waals surface area contributed by atoms with Gasteiger partial charge in [0.15, 0.2) is 0 Å². The summed E-state index contributed by atoms with van der Waals surface area (Å²) in [5.41, 5.74) is 0. The minimum absolute atomic E-state index is 0.000759. The molecule has 0 radical (unpaired) electrons. The van der Waals surface area contributed by atoms with E-state index in [1.807, 2.05) is 13.8 Å². The number of hydrogen-bond donors (Lipinski definition) is 0. The standard InChI is InChI=1S/C15H28NO2/c1-12(2)15(17)18-11-13-7-6-10-16(3)9-5-4-8-14(13)16/h12-14H,4-11H2,1-3H3/q+1/t13-,14-,16?/m1/s1. The first kappa shape index (κ1) is 13.9. The minimum atomic E-state index is -0.0365. The fraction of sp³-hybridized carbons (Fsp3) is 0.933. The molecule has 3 nitrogen and oxygen atoms in total. The molecule has 0 aromatic rings. The summed E-state index contributed by atoms with van der Waals surface area (Å²) in [6.07, 6.45) is 6.57. The van der Waals surface area contributed by atoms with Crippen LogP contribution in [0.4, 0.5) is 0 Å². The molecular weight excluding hydrogens is 226 g/mol. The number of ether oxygens (including phenoxy) is 1. The first-order valence-corrected chi connectivity index (χ1v) is 7.54. The van der Waals surface area contributed by atoms with Gasteiger partial charge in [0.25, 0.3) is 0 Å². The van der Waals surface area contributed by atoms with Crippen LogP contribution in [0, 0.1) is 11.8 Å². The van der Waals surface area contributed by atoms with Crippen LogP contribution >= 0.6 is 0 Å². The molecule has 104 valence electrons. The molecule has 3 heteroatoms. The number of esters is 1. The molecule has 0 aliphatic carbocycles. The fourth-order valence-corrected chi connectivity index (χ4v) is 3.78. The van der Waals surface area contributed by atoms with Gasteiger partial charge in [-0.3, -0.25) is 4.79 Å². The highest BCUT2D eigenvalue weighted by atomic mass is 16.5. The Hall–Kier alpha value is -0.570. The molecular formula is C15H28NO2+. The summed E-state index contributed by atoms with van der Waals surface area (Å²) in [7, 11) is 2.40. The number of quaternary nitrogens is 1. The van der Waals surface area contributed by atoms with E-state index in [0.717, 1.165) is 6.04 Å². The predicted octanol–water partition coefficient (Wildman–Crippen LogP) is 2.59. The van der Waals surface area contributed by atoms with Crippen LogP contribution in [0.2, 0.25) is 0 Å². The van der Waals surface area contributed by atoms with Crippen LogP contribution < -0.4 is 0 Å². The third kappa shape index (κ3) is 2.87. The first-order valence-electron chi connectivity index (χ1n) is 7.54. The number of piperidine rings is 2. The van der Waals surface area contributed by atoms with Gasteiger partial charge in [0.2, 0.25) is 0 Å². The molecule has 2 rings (SSSR count). The summed E-state index contributed by atoms with van der Waals surface area (Å²) < 4.78 is 6.71. The number of fused-ring (bicyclic) bond motifs is 1.